The number of aryl methyl sites for hydroxylation is 1. The van der Waals surface area contributed by atoms with Crippen LogP contribution in [0.3, 0.4) is 0 Å². The first kappa shape index (κ1) is 12.0. The van der Waals surface area contributed by atoms with Crippen LogP contribution in [-0.4, -0.2) is 23.6 Å². The van der Waals surface area contributed by atoms with Crippen molar-refractivity contribution in [2.75, 3.05) is 7.11 Å². The van der Waals surface area contributed by atoms with E-state index in [1.54, 1.807) is 7.11 Å². The topological polar surface area (TPSA) is 72.1 Å². The molecule has 0 bridgehead atoms. The minimum absolute atomic E-state index is 0.0450. The predicted octanol–water partition coefficient (Wildman–Crippen LogP) is 1.57. The van der Waals surface area contributed by atoms with Crippen molar-refractivity contribution in [1.29, 1.82) is 0 Å². The second-order valence-electron chi connectivity index (χ2n) is 3.86. The molecule has 1 aromatic heterocycles. The Morgan fingerprint density at radius 3 is 2.78 bits per heavy atom. The molecule has 0 atom stereocenters. The summed E-state index contributed by atoms with van der Waals surface area (Å²) in [6.45, 7) is 1.94. The number of carbonyl (C=O) groups is 1. The van der Waals surface area contributed by atoms with Crippen LogP contribution in [0.25, 0.3) is 11.3 Å². The molecule has 0 saturated carbocycles. The van der Waals surface area contributed by atoms with E-state index in [1.807, 2.05) is 25.1 Å². The smallest absolute Gasteiger partial charge is 0.274 e. The van der Waals surface area contributed by atoms with Gasteiger partial charge in [0.05, 0.1) is 18.4 Å². The lowest BCUT2D eigenvalue weighted by Gasteiger charge is -2.08. The van der Waals surface area contributed by atoms with Crippen LogP contribution in [0, 0.1) is 6.92 Å². The summed E-state index contributed by atoms with van der Waals surface area (Å²) >= 11 is 0. The molecule has 0 radical (unpaired) electrons. The molecule has 2 aromatic rings. The van der Waals surface area contributed by atoms with Gasteiger partial charge in [0.25, 0.3) is 5.56 Å². The Bertz CT molecular complexity index is 647. The standard InChI is InChI=1S/C13H12N2O3/c1-8-3-4-12(18-2)10(5-8)11-6-9(7-16)13(17)15-14-11/h3-7H,1-2H3,(H,15,17). The summed E-state index contributed by atoms with van der Waals surface area (Å²) in [5.74, 6) is 0.636. The van der Waals surface area contributed by atoms with Crippen LogP contribution in [0.1, 0.15) is 15.9 Å². The number of H-pyrrole nitrogens is 1. The summed E-state index contributed by atoms with van der Waals surface area (Å²) in [5, 5.41) is 6.23. The number of aromatic nitrogens is 2. The van der Waals surface area contributed by atoms with Gasteiger partial charge in [-0.2, -0.15) is 5.10 Å². The summed E-state index contributed by atoms with van der Waals surface area (Å²) in [5.41, 5.74) is 1.81. The van der Waals surface area contributed by atoms with Gasteiger partial charge in [0.1, 0.15) is 5.75 Å². The molecule has 0 saturated heterocycles. The maximum Gasteiger partial charge on any atom is 0.274 e. The highest BCUT2D eigenvalue weighted by Crippen LogP contribution is 2.28. The zero-order valence-corrected chi connectivity index (χ0v) is 10.1. The van der Waals surface area contributed by atoms with Gasteiger partial charge in [0.15, 0.2) is 6.29 Å². The molecule has 0 spiro atoms. The number of ether oxygens (including phenoxy) is 1. The molecule has 1 aromatic carbocycles. The Labute approximate surface area is 103 Å². The monoisotopic (exact) mass is 244 g/mol. The largest absolute Gasteiger partial charge is 0.496 e. The fourth-order valence-electron chi connectivity index (χ4n) is 1.67. The van der Waals surface area contributed by atoms with E-state index in [2.05, 4.69) is 10.2 Å². The molecule has 18 heavy (non-hydrogen) atoms. The normalized spacial score (nSPS) is 10.1. The van der Waals surface area contributed by atoms with Gasteiger partial charge in [-0.3, -0.25) is 9.59 Å². The van der Waals surface area contributed by atoms with Crippen LogP contribution in [0.2, 0.25) is 0 Å². The maximum absolute atomic E-state index is 11.3. The number of aromatic amines is 1. The van der Waals surface area contributed by atoms with Crippen molar-refractivity contribution < 1.29 is 9.53 Å². The second kappa shape index (κ2) is 4.83. The molecule has 0 unspecified atom stereocenters. The number of methoxy groups -OCH3 is 1. The lowest BCUT2D eigenvalue weighted by molar-refractivity contribution is 0.112. The molecule has 5 nitrogen and oxygen atoms in total. The average Bonchev–Trinajstić information content (AvgIpc) is 2.39. The van der Waals surface area contributed by atoms with Gasteiger partial charge in [0.2, 0.25) is 0 Å². The van der Waals surface area contributed by atoms with Gasteiger partial charge in [-0.15, -0.1) is 0 Å². The molecule has 2 rings (SSSR count). The molecule has 5 heteroatoms. The quantitative estimate of drug-likeness (QED) is 0.832. The van der Waals surface area contributed by atoms with Gasteiger partial charge < -0.3 is 4.74 Å². The number of nitrogens with zero attached hydrogens (tertiary/aromatic N) is 1. The van der Waals surface area contributed by atoms with E-state index < -0.39 is 5.56 Å². The lowest BCUT2D eigenvalue weighted by atomic mass is 10.1. The van der Waals surface area contributed by atoms with Crippen LogP contribution in [0.5, 0.6) is 5.75 Å². The number of hydrogen-bond acceptors (Lipinski definition) is 4. The van der Waals surface area contributed by atoms with Crippen LogP contribution < -0.4 is 10.3 Å². The van der Waals surface area contributed by atoms with E-state index in [-0.39, 0.29) is 5.56 Å². The number of carbonyl (C=O) groups excluding carboxylic acids is 1. The Balaban J connectivity index is 2.64. The third-order valence-corrected chi connectivity index (χ3v) is 2.59. The van der Waals surface area contributed by atoms with Crippen molar-refractivity contribution in [2.24, 2.45) is 0 Å². The van der Waals surface area contributed by atoms with Crippen molar-refractivity contribution in [3.8, 4) is 17.0 Å². The molecule has 0 aliphatic carbocycles. The van der Waals surface area contributed by atoms with E-state index in [4.69, 9.17) is 4.74 Å². The number of benzene rings is 1. The highest BCUT2D eigenvalue weighted by atomic mass is 16.5. The molecule has 0 fully saturated rings. The van der Waals surface area contributed by atoms with E-state index in [1.165, 1.54) is 6.07 Å². The summed E-state index contributed by atoms with van der Waals surface area (Å²) in [6.07, 6.45) is 0.506. The Morgan fingerprint density at radius 1 is 1.33 bits per heavy atom. The molecule has 0 aliphatic rings. The summed E-state index contributed by atoms with van der Waals surface area (Å²) in [7, 11) is 1.56. The van der Waals surface area contributed by atoms with Crippen molar-refractivity contribution in [3.05, 3.63) is 45.7 Å². The first-order chi connectivity index (χ1) is 8.65. The number of hydrogen-bond donors (Lipinski definition) is 1. The first-order valence-electron chi connectivity index (χ1n) is 5.35. The third kappa shape index (κ3) is 2.15. The molecule has 92 valence electrons. The first-order valence-corrected chi connectivity index (χ1v) is 5.35. The average molecular weight is 244 g/mol. The zero-order chi connectivity index (χ0) is 13.1. The van der Waals surface area contributed by atoms with E-state index in [9.17, 15) is 9.59 Å². The Morgan fingerprint density at radius 2 is 2.11 bits per heavy atom. The zero-order valence-electron chi connectivity index (χ0n) is 10.1. The van der Waals surface area contributed by atoms with E-state index in [0.717, 1.165) is 11.1 Å². The fraction of sp³-hybridized carbons (Fsp3) is 0.154. The SMILES string of the molecule is COc1ccc(C)cc1-c1cc(C=O)c(=O)[nH]n1. The summed E-state index contributed by atoms with van der Waals surface area (Å²) in [4.78, 5) is 22.0. The van der Waals surface area contributed by atoms with Crippen LogP contribution in [0.15, 0.2) is 29.1 Å². The Kier molecular flexibility index (Phi) is 3.23. The number of nitrogens with one attached hydrogen (secondary N) is 1. The van der Waals surface area contributed by atoms with Crippen LogP contribution in [0.4, 0.5) is 0 Å². The van der Waals surface area contributed by atoms with Crippen molar-refractivity contribution in [1.82, 2.24) is 10.2 Å². The molecule has 0 aliphatic heterocycles. The van der Waals surface area contributed by atoms with Gasteiger partial charge in [-0.05, 0) is 25.1 Å². The van der Waals surface area contributed by atoms with Crippen LogP contribution >= 0.6 is 0 Å². The summed E-state index contributed by atoms with van der Waals surface area (Å²) < 4.78 is 5.24. The van der Waals surface area contributed by atoms with Crippen molar-refractivity contribution >= 4 is 6.29 Å². The third-order valence-electron chi connectivity index (χ3n) is 2.59. The number of aldehydes is 1. The predicted molar refractivity (Wildman–Crippen MR) is 67.0 cm³/mol. The maximum atomic E-state index is 11.3. The van der Waals surface area contributed by atoms with Gasteiger partial charge in [-0.25, -0.2) is 5.10 Å². The number of rotatable bonds is 3. The minimum Gasteiger partial charge on any atom is -0.496 e. The van der Waals surface area contributed by atoms with Gasteiger partial charge in [-0.1, -0.05) is 11.6 Å². The van der Waals surface area contributed by atoms with Crippen LogP contribution in [-0.2, 0) is 0 Å². The highest BCUT2D eigenvalue weighted by Gasteiger charge is 2.10. The van der Waals surface area contributed by atoms with Crippen molar-refractivity contribution in [2.45, 2.75) is 6.92 Å². The molecule has 1 N–H and O–H groups in total. The fourth-order valence-corrected chi connectivity index (χ4v) is 1.67. The van der Waals surface area contributed by atoms with Gasteiger partial charge in [0, 0.05) is 5.56 Å². The minimum atomic E-state index is -0.500. The highest BCUT2D eigenvalue weighted by molar-refractivity contribution is 5.78. The van der Waals surface area contributed by atoms with E-state index >= 15 is 0 Å². The van der Waals surface area contributed by atoms with Gasteiger partial charge >= 0.3 is 0 Å². The van der Waals surface area contributed by atoms with E-state index in [0.29, 0.717) is 17.7 Å². The molecular weight excluding hydrogens is 232 g/mol. The summed E-state index contributed by atoms with van der Waals surface area (Å²) in [6, 6.07) is 7.06. The molecular formula is C13H12N2O3. The Hall–Kier alpha value is -2.43. The second-order valence-corrected chi connectivity index (χ2v) is 3.86. The molecule has 0 amide bonds. The molecule has 1 heterocycles. The van der Waals surface area contributed by atoms with Crippen molar-refractivity contribution in [3.63, 3.8) is 0 Å². The lowest BCUT2D eigenvalue weighted by Crippen LogP contribution is -2.13.